The molecule has 12 heteroatoms. The van der Waals surface area contributed by atoms with Crippen LogP contribution in [0.3, 0.4) is 0 Å². The minimum Gasteiger partial charge on any atom is -0.422 e. The van der Waals surface area contributed by atoms with Gasteiger partial charge in [-0.3, -0.25) is 14.4 Å². The Bertz CT molecular complexity index is 1890. The summed E-state index contributed by atoms with van der Waals surface area (Å²) in [6, 6.07) is 26.6. The summed E-state index contributed by atoms with van der Waals surface area (Å²) in [6.07, 6.45) is 1.23. The van der Waals surface area contributed by atoms with E-state index < -0.39 is 23.7 Å². The number of ether oxygens (including phenoxy) is 1. The van der Waals surface area contributed by atoms with Crippen LogP contribution in [0.15, 0.2) is 102 Å². The van der Waals surface area contributed by atoms with E-state index in [1.165, 1.54) is 29.7 Å². The molecule has 3 amide bonds. The molecule has 9 nitrogen and oxygen atoms in total. The molecule has 214 valence electrons. The molecule has 0 unspecified atom stereocenters. The molecule has 0 aliphatic carbocycles. The smallest absolute Gasteiger partial charge is 0.355 e. The van der Waals surface area contributed by atoms with Gasteiger partial charge in [-0.2, -0.15) is 5.10 Å². The Labute approximate surface area is 259 Å². The maximum atomic E-state index is 12.9. The fraction of sp³-hybridized carbons (Fsp3) is 0. The Morgan fingerprint density at radius 1 is 0.767 bits per heavy atom. The maximum Gasteiger partial charge on any atom is 0.355 e. The predicted molar refractivity (Wildman–Crippen MR) is 168 cm³/mol. The molecule has 43 heavy (non-hydrogen) atoms. The van der Waals surface area contributed by atoms with Crippen LogP contribution in [0, 0.1) is 0 Å². The second-order valence-corrected chi connectivity index (χ2v) is 10.7. The standard InChI is InChI=1S/C31H20Cl2N4O5S/c32-19-13-15-20(16-14-19)35-28(38)21-8-2-4-10-23(21)36-29(39)30(40)37-34-17-18-7-1-5-11-24(18)42-31(41)27-26(33)22-9-3-6-12-25(22)43-27/h1-17H,(H,35,38)(H,36,39)(H,37,40). The van der Waals surface area contributed by atoms with Gasteiger partial charge >= 0.3 is 17.8 Å². The van der Waals surface area contributed by atoms with Gasteiger partial charge in [-0.15, -0.1) is 11.3 Å². The number of rotatable bonds is 7. The van der Waals surface area contributed by atoms with Crippen LogP contribution in [0.5, 0.6) is 5.75 Å². The predicted octanol–water partition coefficient (Wildman–Crippen LogP) is 6.77. The zero-order valence-electron chi connectivity index (χ0n) is 22.0. The zero-order valence-corrected chi connectivity index (χ0v) is 24.3. The maximum absolute atomic E-state index is 12.9. The Hall–Kier alpha value is -5.03. The number of anilines is 2. The molecule has 0 atom stereocenters. The topological polar surface area (TPSA) is 126 Å². The SMILES string of the molecule is O=C(NN=Cc1ccccc1OC(=O)c1sc2ccccc2c1Cl)C(=O)Nc1ccccc1C(=O)Nc1ccc(Cl)cc1. The number of carbonyl (C=O) groups is 4. The van der Waals surface area contributed by atoms with E-state index in [1.807, 2.05) is 24.3 Å². The fourth-order valence-corrected chi connectivity index (χ4v) is 5.39. The van der Waals surface area contributed by atoms with Crippen LogP contribution in [0.2, 0.25) is 10.0 Å². The van der Waals surface area contributed by atoms with Crippen molar-refractivity contribution in [1.29, 1.82) is 0 Å². The van der Waals surface area contributed by atoms with E-state index in [4.69, 9.17) is 27.9 Å². The lowest BCUT2D eigenvalue weighted by Gasteiger charge is -2.11. The number of benzene rings is 4. The first-order valence-electron chi connectivity index (χ1n) is 12.6. The summed E-state index contributed by atoms with van der Waals surface area (Å²) in [5.41, 5.74) is 3.25. The largest absolute Gasteiger partial charge is 0.422 e. The molecule has 0 bridgehead atoms. The van der Waals surface area contributed by atoms with Gasteiger partial charge in [0.2, 0.25) is 0 Å². The Balaban J connectivity index is 1.22. The van der Waals surface area contributed by atoms with Gasteiger partial charge in [0.1, 0.15) is 10.6 Å². The molecule has 0 fully saturated rings. The Morgan fingerprint density at radius 2 is 1.47 bits per heavy atom. The van der Waals surface area contributed by atoms with Crippen molar-refractivity contribution in [3.05, 3.63) is 123 Å². The van der Waals surface area contributed by atoms with E-state index in [2.05, 4.69) is 21.2 Å². The lowest BCUT2D eigenvalue weighted by atomic mass is 10.1. The molecular weight excluding hydrogens is 611 g/mol. The fourth-order valence-electron chi connectivity index (χ4n) is 3.88. The third-order valence-electron chi connectivity index (χ3n) is 5.94. The first-order chi connectivity index (χ1) is 20.8. The molecule has 5 rings (SSSR count). The summed E-state index contributed by atoms with van der Waals surface area (Å²) >= 11 is 13.5. The van der Waals surface area contributed by atoms with Crippen molar-refractivity contribution >= 4 is 85.9 Å². The molecule has 1 heterocycles. The van der Waals surface area contributed by atoms with Crippen LogP contribution in [-0.2, 0) is 9.59 Å². The number of halogens is 2. The van der Waals surface area contributed by atoms with E-state index in [-0.39, 0.29) is 21.9 Å². The van der Waals surface area contributed by atoms with E-state index in [0.29, 0.717) is 21.3 Å². The van der Waals surface area contributed by atoms with Gasteiger partial charge in [0.15, 0.2) is 0 Å². The number of hydrazone groups is 1. The molecule has 0 radical (unpaired) electrons. The number of thiophene rings is 1. The highest BCUT2D eigenvalue weighted by molar-refractivity contribution is 7.21. The van der Waals surface area contributed by atoms with Gasteiger partial charge in [0, 0.05) is 26.4 Å². The highest BCUT2D eigenvalue weighted by Gasteiger charge is 2.20. The van der Waals surface area contributed by atoms with Gasteiger partial charge in [0.05, 0.1) is 22.5 Å². The molecule has 0 saturated carbocycles. The minimum absolute atomic E-state index is 0.121. The van der Waals surface area contributed by atoms with Crippen molar-refractivity contribution in [3.8, 4) is 5.75 Å². The first-order valence-corrected chi connectivity index (χ1v) is 14.2. The van der Waals surface area contributed by atoms with Gasteiger partial charge < -0.3 is 15.4 Å². The molecule has 0 aliphatic rings. The average molecular weight is 631 g/mol. The van der Waals surface area contributed by atoms with Crippen LogP contribution in [-0.4, -0.2) is 29.9 Å². The molecule has 0 aliphatic heterocycles. The third kappa shape index (κ3) is 7.07. The summed E-state index contributed by atoms with van der Waals surface area (Å²) in [6.45, 7) is 0. The van der Waals surface area contributed by atoms with Crippen molar-refractivity contribution in [2.75, 3.05) is 10.6 Å². The molecule has 3 N–H and O–H groups in total. The quantitative estimate of drug-likeness (QED) is 0.0601. The second-order valence-electron chi connectivity index (χ2n) is 8.83. The van der Waals surface area contributed by atoms with E-state index in [9.17, 15) is 19.2 Å². The number of para-hydroxylation sites is 2. The lowest BCUT2D eigenvalue weighted by molar-refractivity contribution is -0.136. The normalized spacial score (nSPS) is 10.8. The summed E-state index contributed by atoms with van der Waals surface area (Å²) in [5.74, 6) is -3.11. The van der Waals surface area contributed by atoms with Crippen molar-refractivity contribution < 1.29 is 23.9 Å². The van der Waals surface area contributed by atoms with Crippen molar-refractivity contribution in [2.45, 2.75) is 0 Å². The number of nitrogens with one attached hydrogen (secondary N) is 3. The number of hydrogen-bond acceptors (Lipinski definition) is 7. The van der Waals surface area contributed by atoms with E-state index in [1.54, 1.807) is 60.7 Å². The number of esters is 1. The Morgan fingerprint density at radius 3 is 2.26 bits per heavy atom. The summed E-state index contributed by atoms with van der Waals surface area (Å²) in [5, 5.41) is 10.5. The van der Waals surface area contributed by atoms with E-state index >= 15 is 0 Å². The van der Waals surface area contributed by atoms with Gasteiger partial charge in [-0.1, -0.05) is 65.7 Å². The lowest BCUT2D eigenvalue weighted by Crippen LogP contribution is -2.33. The first kappa shape index (κ1) is 29.5. The zero-order chi connectivity index (χ0) is 30.3. The van der Waals surface area contributed by atoms with E-state index in [0.717, 1.165) is 10.1 Å². The van der Waals surface area contributed by atoms with Crippen LogP contribution < -0.4 is 20.8 Å². The number of nitrogens with zero attached hydrogens (tertiary/aromatic N) is 1. The highest BCUT2D eigenvalue weighted by Crippen LogP contribution is 2.36. The summed E-state index contributed by atoms with van der Waals surface area (Å²) in [4.78, 5) is 51.0. The van der Waals surface area contributed by atoms with Crippen LogP contribution >= 0.6 is 34.5 Å². The van der Waals surface area contributed by atoms with Crippen LogP contribution in [0.1, 0.15) is 25.6 Å². The average Bonchev–Trinajstić information content (AvgIpc) is 3.35. The summed E-state index contributed by atoms with van der Waals surface area (Å²) < 4.78 is 6.42. The molecule has 0 saturated heterocycles. The van der Waals surface area contributed by atoms with Crippen molar-refractivity contribution in [3.63, 3.8) is 0 Å². The van der Waals surface area contributed by atoms with Crippen LogP contribution in [0.4, 0.5) is 11.4 Å². The third-order valence-corrected chi connectivity index (χ3v) is 7.85. The highest BCUT2D eigenvalue weighted by atomic mass is 35.5. The van der Waals surface area contributed by atoms with Gasteiger partial charge in [-0.25, -0.2) is 10.2 Å². The monoisotopic (exact) mass is 630 g/mol. The number of amides is 3. The van der Waals surface area contributed by atoms with Crippen molar-refractivity contribution in [2.24, 2.45) is 5.10 Å². The number of fused-ring (bicyclic) bond motifs is 1. The van der Waals surface area contributed by atoms with Crippen molar-refractivity contribution in [1.82, 2.24) is 5.43 Å². The van der Waals surface area contributed by atoms with Crippen LogP contribution in [0.25, 0.3) is 10.1 Å². The molecule has 0 spiro atoms. The van der Waals surface area contributed by atoms with Gasteiger partial charge in [-0.05, 0) is 54.6 Å². The van der Waals surface area contributed by atoms with Gasteiger partial charge in [0.25, 0.3) is 5.91 Å². The number of hydrogen-bond donors (Lipinski definition) is 3. The molecule has 4 aromatic carbocycles. The minimum atomic E-state index is -1.09. The summed E-state index contributed by atoms with van der Waals surface area (Å²) in [7, 11) is 0. The Kier molecular flexibility index (Phi) is 9.11. The molecular formula is C31H20Cl2N4O5S. The number of carbonyl (C=O) groups excluding carboxylic acids is 4. The molecule has 1 aromatic heterocycles. The second kappa shape index (κ2) is 13.3. The molecule has 5 aromatic rings.